The Labute approximate surface area is 140 Å². The molecule has 1 heterocycles. The monoisotopic (exact) mass is 352 g/mol. The van der Waals surface area contributed by atoms with Crippen LogP contribution in [0, 0.1) is 0 Å². The predicted molar refractivity (Wildman–Crippen MR) is 92.5 cm³/mol. The predicted octanol–water partition coefficient (Wildman–Crippen LogP) is 0.729. The van der Waals surface area contributed by atoms with Crippen molar-refractivity contribution in [3.63, 3.8) is 0 Å². The third kappa shape index (κ3) is 4.69. The third-order valence-corrected chi connectivity index (χ3v) is 4.35. The number of ether oxygens (including phenoxy) is 1. The van der Waals surface area contributed by atoms with Crippen molar-refractivity contribution >= 4 is 27.6 Å². The highest BCUT2D eigenvalue weighted by Crippen LogP contribution is 2.28. The van der Waals surface area contributed by atoms with Crippen LogP contribution in [0.3, 0.4) is 0 Å². The van der Waals surface area contributed by atoms with Gasteiger partial charge in [-0.2, -0.15) is 4.98 Å². The molecule has 1 atom stereocenters. The minimum atomic E-state index is -3.37. The molecule has 2 aromatic rings. The molecule has 0 aliphatic heterocycles. The van der Waals surface area contributed by atoms with Gasteiger partial charge in [0.1, 0.15) is 18.7 Å². The summed E-state index contributed by atoms with van der Waals surface area (Å²) in [4.78, 5) is 11.6. The largest absolute Gasteiger partial charge is 0.489 e. The first-order valence-corrected chi connectivity index (χ1v) is 8.99. The van der Waals surface area contributed by atoms with E-state index in [1.807, 2.05) is 6.92 Å². The van der Waals surface area contributed by atoms with Crippen LogP contribution in [0.4, 0.5) is 17.6 Å². The number of nitrogens with one attached hydrogen (secondary N) is 1. The van der Waals surface area contributed by atoms with Gasteiger partial charge in [-0.25, -0.2) is 18.4 Å². The number of benzene rings is 1. The highest BCUT2D eigenvalue weighted by Gasteiger charge is 2.17. The van der Waals surface area contributed by atoms with Crippen molar-refractivity contribution < 1.29 is 13.2 Å². The molecule has 0 fully saturated rings. The number of aromatic nitrogens is 3. The molecular weight excluding hydrogens is 332 g/mol. The Morgan fingerprint density at radius 1 is 1.33 bits per heavy atom. The summed E-state index contributed by atoms with van der Waals surface area (Å²) in [5.74, 6) is 0.940. The van der Waals surface area contributed by atoms with Crippen molar-refractivity contribution in [3.8, 4) is 5.75 Å². The van der Waals surface area contributed by atoms with Gasteiger partial charge in [-0.15, -0.1) is 0 Å². The SMILES string of the molecule is CC(COc1ccccc1N(C)S(C)(=O)=O)Nc1ncnc(N)n1. The van der Waals surface area contributed by atoms with Crippen LogP contribution in [0.5, 0.6) is 5.75 Å². The van der Waals surface area contributed by atoms with Gasteiger partial charge >= 0.3 is 0 Å². The maximum atomic E-state index is 11.7. The summed E-state index contributed by atoms with van der Waals surface area (Å²) in [5, 5.41) is 3.03. The van der Waals surface area contributed by atoms with E-state index >= 15 is 0 Å². The van der Waals surface area contributed by atoms with Crippen molar-refractivity contribution in [2.24, 2.45) is 0 Å². The fourth-order valence-electron chi connectivity index (χ4n) is 1.87. The van der Waals surface area contributed by atoms with Crippen LogP contribution in [-0.4, -0.2) is 49.3 Å². The number of hydrogen-bond donors (Lipinski definition) is 2. The Hall–Kier alpha value is -2.62. The maximum absolute atomic E-state index is 11.7. The molecule has 1 aromatic heterocycles. The van der Waals surface area contributed by atoms with Gasteiger partial charge < -0.3 is 15.8 Å². The summed E-state index contributed by atoms with van der Waals surface area (Å²) in [6, 6.07) is 6.79. The van der Waals surface area contributed by atoms with E-state index in [0.717, 1.165) is 6.26 Å². The molecule has 1 aromatic carbocycles. The van der Waals surface area contributed by atoms with Crippen LogP contribution in [0.2, 0.25) is 0 Å². The molecule has 0 bridgehead atoms. The highest BCUT2D eigenvalue weighted by atomic mass is 32.2. The molecule has 10 heteroatoms. The Bertz CT molecular complexity index is 799. The minimum absolute atomic E-state index is 0.126. The van der Waals surface area contributed by atoms with Gasteiger partial charge in [0.25, 0.3) is 0 Å². The van der Waals surface area contributed by atoms with Crippen LogP contribution < -0.4 is 20.1 Å². The van der Waals surface area contributed by atoms with Gasteiger partial charge in [0, 0.05) is 7.05 Å². The lowest BCUT2D eigenvalue weighted by atomic mass is 10.3. The third-order valence-electron chi connectivity index (χ3n) is 3.16. The van der Waals surface area contributed by atoms with E-state index in [-0.39, 0.29) is 18.6 Å². The zero-order chi connectivity index (χ0) is 17.7. The first-order valence-electron chi connectivity index (χ1n) is 7.14. The molecule has 24 heavy (non-hydrogen) atoms. The van der Waals surface area contributed by atoms with Gasteiger partial charge in [-0.05, 0) is 19.1 Å². The highest BCUT2D eigenvalue weighted by molar-refractivity contribution is 7.92. The smallest absolute Gasteiger partial charge is 0.232 e. The molecule has 0 saturated heterocycles. The maximum Gasteiger partial charge on any atom is 0.232 e. The molecule has 0 aliphatic carbocycles. The van der Waals surface area contributed by atoms with Crippen molar-refractivity contribution in [1.29, 1.82) is 0 Å². The summed E-state index contributed by atoms with van der Waals surface area (Å²) in [5.41, 5.74) is 5.97. The van der Waals surface area contributed by atoms with E-state index in [4.69, 9.17) is 10.5 Å². The number of para-hydroxylation sites is 2. The number of rotatable bonds is 7. The van der Waals surface area contributed by atoms with Gasteiger partial charge in [-0.1, -0.05) is 12.1 Å². The molecule has 1 unspecified atom stereocenters. The van der Waals surface area contributed by atoms with Crippen molar-refractivity contribution in [1.82, 2.24) is 15.0 Å². The van der Waals surface area contributed by atoms with Crippen LogP contribution >= 0.6 is 0 Å². The Morgan fingerprint density at radius 3 is 2.71 bits per heavy atom. The second kappa shape index (κ2) is 7.30. The standard InChI is InChI=1S/C14H20N6O3S/c1-10(18-14-17-9-16-13(15)19-14)8-23-12-7-5-4-6-11(12)20(2)24(3,21)22/h4-7,9-10H,8H2,1-3H3,(H3,15,16,17,18,19). The first kappa shape index (κ1) is 17.7. The summed E-state index contributed by atoms with van der Waals surface area (Å²) < 4.78 is 30.4. The van der Waals surface area contributed by atoms with Crippen LogP contribution in [0.15, 0.2) is 30.6 Å². The molecule has 0 aliphatic rings. The Kier molecular flexibility index (Phi) is 5.39. The van der Waals surface area contributed by atoms with Gasteiger partial charge in [0.2, 0.25) is 21.9 Å². The molecule has 9 nitrogen and oxygen atoms in total. The van der Waals surface area contributed by atoms with E-state index in [9.17, 15) is 8.42 Å². The number of sulfonamides is 1. The topological polar surface area (TPSA) is 123 Å². The minimum Gasteiger partial charge on any atom is -0.489 e. The number of nitrogen functional groups attached to an aromatic ring is 1. The van der Waals surface area contributed by atoms with Crippen molar-refractivity contribution in [2.45, 2.75) is 13.0 Å². The normalized spacial score (nSPS) is 12.5. The molecular formula is C14H20N6O3S. The summed E-state index contributed by atoms with van der Waals surface area (Å²) in [7, 11) is -1.89. The average Bonchev–Trinajstić information content (AvgIpc) is 2.51. The molecule has 2 rings (SSSR count). The van der Waals surface area contributed by atoms with E-state index < -0.39 is 10.0 Å². The Balaban J connectivity index is 2.04. The van der Waals surface area contributed by atoms with Crippen LogP contribution in [0.1, 0.15) is 6.92 Å². The van der Waals surface area contributed by atoms with E-state index in [2.05, 4.69) is 20.3 Å². The lowest BCUT2D eigenvalue weighted by Crippen LogP contribution is -2.27. The molecule has 0 saturated carbocycles. The molecule has 0 amide bonds. The molecule has 0 radical (unpaired) electrons. The number of nitrogens with two attached hydrogens (primary N) is 1. The quantitative estimate of drug-likeness (QED) is 0.747. The number of nitrogens with zero attached hydrogens (tertiary/aromatic N) is 4. The second-order valence-electron chi connectivity index (χ2n) is 5.22. The fourth-order valence-corrected chi connectivity index (χ4v) is 2.38. The number of anilines is 3. The summed E-state index contributed by atoms with van der Waals surface area (Å²) >= 11 is 0. The van der Waals surface area contributed by atoms with E-state index in [0.29, 0.717) is 17.4 Å². The van der Waals surface area contributed by atoms with E-state index in [1.165, 1.54) is 17.7 Å². The molecule has 130 valence electrons. The summed E-state index contributed by atoms with van der Waals surface area (Å²) in [6.07, 6.45) is 2.45. The lowest BCUT2D eigenvalue weighted by molar-refractivity contribution is 0.304. The van der Waals surface area contributed by atoms with Gasteiger partial charge in [0.15, 0.2) is 0 Å². The van der Waals surface area contributed by atoms with Crippen LogP contribution in [0.25, 0.3) is 0 Å². The van der Waals surface area contributed by atoms with Gasteiger partial charge in [-0.3, -0.25) is 4.31 Å². The fraction of sp³-hybridized carbons (Fsp3) is 0.357. The van der Waals surface area contributed by atoms with Crippen molar-refractivity contribution in [3.05, 3.63) is 30.6 Å². The first-order chi connectivity index (χ1) is 11.3. The lowest BCUT2D eigenvalue weighted by Gasteiger charge is -2.21. The Morgan fingerprint density at radius 2 is 2.04 bits per heavy atom. The second-order valence-corrected chi connectivity index (χ2v) is 7.24. The zero-order valence-corrected chi connectivity index (χ0v) is 14.5. The van der Waals surface area contributed by atoms with Crippen molar-refractivity contribution in [2.75, 3.05) is 35.3 Å². The average molecular weight is 352 g/mol. The number of hydrogen-bond acceptors (Lipinski definition) is 8. The molecule has 3 N–H and O–H groups in total. The van der Waals surface area contributed by atoms with Crippen LogP contribution in [-0.2, 0) is 10.0 Å². The molecule has 0 spiro atoms. The van der Waals surface area contributed by atoms with Gasteiger partial charge in [0.05, 0.1) is 18.0 Å². The van der Waals surface area contributed by atoms with E-state index in [1.54, 1.807) is 24.3 Å². The zero-order valence-electron chi connectivity index (χ0n) is 13.7. The summed E-state index contributed by atoms with van der Waals surface area (Å²) in [6.45, 7) is 2.16.